The quantitative estimate of drug-likeness (QED) is 0.219. The van der Waals surface area contributed by atoms with E-state index in [0.717, 1.165) is 63.4 Å². The number of nitrogens with one attached hydrogen (secondary N) is 2. The van der Waals surface area contributed by atoms with E-state index in [9.17, 15) is 9.18 Å². The minimum atomic E-state index is -0.269. The molecule has 0 aliphatic heterocycles. The number of methoxy groups -OCH3 is 1. The maximum absolute atomic E-state index is 13.2. The molecule has 3 aromatic carbocycles. The third-order valence-corrected chi connectivity index (χ3v) is 7.84. The van der Waals surface area contributed by atoms with Crippen LogP contribution >= 0.6 is 23.1 Å². The van der Waals surface area contributed by atoms with E-state index >= 15 is 0 Å². The molecule has 0 fully saturated rings. The number of likely N-dealkylation sites (N-methyl/N-ethyl adjacent to an activating group) is 1. The van der Waals surface area contributed by atoms with Crippen LogP contribution in [0.1, 0.15) is 5.56 Å². The second-order valence-electron chi connectivity index (χ2n) is 8.64. The van der Waals surface area contributed by atoms with Crippen molar-refractivity contribution in [2.45, 2.75) is 5.75 Å². The molecular formula is C28H31FN4O2S2. The smallest absolute Gasteiger partial charge is 0.238 e. The first-order valence-electron chi connectivity index (χ1n) is 12.1. The van der Waals surface area contributed by atoms with E-state index in [0.29, 0.717) is 0 Å². The Labute approximate surface area is 225 Å². The van der Waals surface area contributed by atoms with Gasteiger partial charge in [-0.3, -0.25) is 4.79 Å². The number of thiazole rings is 1. The zero-order chi connectivity index (χ0) is 26.0. The summed E-state index contributed by atoms with van der Waals surface area (Å²) in [6.45, 7) is 2.85. The van der Waals surface area contributed by atoms with Gasteiger partial charge in [0.05, 0.1) is 23.9 Å². The lowest BCUT2D eigenvalue weighted by molar-refractivity contribution is -0.115. The Kier molecular flexibility index (Phi) is 9.90. The van der Waals surface area contributed by atoms with Crippen LogP contribution in [-0.2, 0) is 10.5 Å². The number of aromatic nitrogens is 1. The summed E-state index contributed by atoms with van der Waals surface area (Å²) in [6, 6.07) is 20.2. The molecule has 194 valence electrons. The zero-order valence-corrected chi connectivity index (χ0v) is 22.6. The fourth-order valence-corrected chi connectivity index (χ4v) is 5.66. The van der Waals surface area contributed by atoms with E-state index < -0.39 is 0 Å². The van der Waals surface area contributed by atoms with E-state index in [2.05, 4.69) is 39.7 Å². The lowest BCUT2D eigenvalue weighted by Crippen LogP contribution is -2.35. The van der Waals surface area contributed by atoms with Gasteiger partial charge in [0.25, 0.3) is 0 Å². The number of fused-ring (bicyclic) bond motifs is 1. The van der Waals surface area contributed by atoms with Gasteiger partial charge in [-0.15, -0.1) is 11.3 Å². The Balaban J connectivity index is 1.13. The van der Waals surface area contributed by atoms with Gasteiger partial charge in [0, 0.05) is 42.4 Å². The molecule has 37 heavy (non-hydrogen) atoms. The molecule has 0 aliphatic rings. The minimum absolute atomic E-state index is 0.0830. The summed E-state index contributed by atoms with van der Waals surface area (Å²) in [5.74, 6) is 2.56. The lowest BCUT2D eigenvalue weighted by Gasteiger charge is -2.16. The van der Waals surface area contributed by atoms with Crippen molar-refractivity contribution in [1.82, 2.24) is 15.2 Å². The number of ether oxygens (including phenoxy) is 1. The number of thioether (sulfide) groups is 1. The van der Waals surface area contributed by atoms with Crippen molar-refractivity contribution in [1.29, 1.82) is 0 Å². The van der Waals surface area contributed by atoms with Gasteiger partial charge in [0.2, 0.25) is 5.91 Å². The van der Waals surface area contributed by atoms with Gasteiger partial charge in [-0.2, -0.15) is 11.8 Å². The first-order chi connectivity index (χ1) is 18.0. The SMILES string of the molecule is COc1ccc(CSCCN(C)CCNCC(=O)Nc2ccc3nc(-c4ccc(F)cc4)sc3c2)cc1. The summed E-state index contributed by atoms with van der Waals surface area (Å²) in [7, 11) is 3.78. The van der Waals surface area contributed by atoms with Crippen LogP contribution in [0, 0.1) is 5.82 Å². The highest BCUT2D eigenvalue weighted by Crippen LogP contribution is 2.31. The second kappa shape index (κ2) is 13.5. The number of carbonyl (C=O) groups is 1. The standard InChI is InChI=1S/C28H31FN4O2S2/c1-33(15-16-36-19-20-3-10-24(35-2)11-4-20)14-13-30-18-27(34)31-23-9-12-25-26(17-23)37-28(32-25)21-5-7-22(29)8-6-21/h3-12,17,30H,13-16,18-19H2,1-2H3,(H,31,34). The fraction of sp³-hybridized carbons (Fsp3) is 0.286. The molecule has 0 saturated carbocycles. The van der Waals surface area contributed by atoms with Gasteiger partial charge in [-0.05, 0) is 67.2 Å². The molecule has 1 heterocycles. The normalized spacial score (nSPS) is 11.2. The molecule has 2 N–H and O–H groups in total. The number of hydrogen-bond acceptors (Lipinski definition) is 7. The number of rotatable bonds is 13. The van der Waals surface area contributed by atoms with Gasteiger partial charge in [-0.1, -0.05) is 12.1 Å². The van der Waals surface area contributed by atoms with E-state index in [1.807, 2.05) is 42.1 Å². The number of benzene rings is 3. The van der Waals surface area contributed by atoms with Crippen LogP contribution in [0.15, 0.2) is 66.7 Å². The van der Waals surface area contributed by atoms with E-state index in [-0.39, 0.29) is 18.3 Å². The van der Waals surface area contributed by atoms with Crippen LogP contribution in [0.5, 0.6) is 5.75 Å². The topological polar surface area (TPSA) is 66.5 Å². The summed E-state index contributed by atoms with van der Waals surface area (Å²) in [5.41, 5.74) is 3.76. The summed E-state index contributed by atoms with van der Waals surface area (Å²) in [4.78, 5) is 19.3. The van der Waals surface area contributed by atoms with Gasteiger partial charge >= 0.3 is 0 Å². The number of anilines is 1. The van der Waals surface area contributed by atoms with E-state index in [1.54, 1.807) is 19.2 Å². The van der Waals surface area contributed by atoms with Gasteiger partial charge < -0.3 is 20.3 Å². The second-order valence-corrected chi connectivity index (χ2v) is 10.8. The molecule has 0 unspecified atom stereocenters. The maximum atomic E-state index is 13.2. The third-order valence-electron chi connectivity index (χ3n) is 5.76. The number of halogens is 1. The summed E-state index contributed by atoms with van der Waals surface area (Å²) in [5, 5.41) is 6.99. The predicted molar refractivity (Wildman–Crippen MR) is 153 cm³/mol. The van der Waals surface area contributed by atoms with Gasteiger partial charge in [-0.25, -0.2) is 9.37 Å². The van der Waals surface area contributed by atoms with Crippen LogP contribution in [0.3, 0.4) is 0 Å². The number of amides is 1. The Morgan fingerprint density at radius 3 is 2.62 bits per heavy atom. The molecule has 9 heteroatoms. The zero-order valence-electron chi connectivity index (χ0n) is 21.0. The number of nitrogens with zero attached hydrogens (tertiary/aromatic N) is 2. The van der Waals surface area contributed by atoms with Crippen molar-refractivity contribution in [3.8, 4) is 16.3 Å². The van der Waals surface area contributed by atoms with Crippen LogP contribution in [0.25, 0.3) is 20.8 Å². The minimum Gasteiger partial charge on any atom is -0.497 e. The van der Waals surface area contributed by atoms with Crippen molar-refractivity contribution < 1.29 is 13.9 Å². The first kappa shape index (κ1) is 27.1. The molecule has 0 bridgehead atoms. The molecule has 0 spiro atoms. The Hall–Kier alpha value is -2.98. The molecule has 0 radical (unpaired) electrons. The monoisotopic (exact) mass is 538 g/mol. The predicted octanol–water partition coefficient (Wildman–Crippen LogP) is 5.50. The summed E-state index contributed by atoms with van der Waals surface area (Å²) in [6.07, 6.45) is 0. The van der Waals surface area contributed by atoms with Crippen molar-refractivity contribution >= 4 is 44.9 Å². The Morgan fingerprint density at radius 2 is 1.86 bits per heavy atom. The first-order valence-corrected chi connectivity index (χ1v) is 14.0. The van der Waals surface area contributed by atoms with Gasteiger partial charge in [0.15, 0.2) is 0 Å². The average molecular weight is 539 g/mol. The summed E-state index contributed by atoms with van der Waals surface area (Å²) < 4.78 is 19.4. The number of carbonyl (C=O) groups excluding carboxylic acids is 1. The lowest BCUT2D eigenvalue weighted by atomic mass is 10.2. The van der Waals surface area contributed by atoms with Crippen LogP contribution in [0.2, 0.25) is 0 Å². The molecule has 6 nitrogen and oxygen atoms in total. The van der Waals surface area contributed by atoms with Crippen LogP contribution in [0.4, 0.5) is 10.1 Å². The molecule has 0 atom stereocenters. The third kappa shape index (κ3) is 8.26. The highest BCUT2D eigenvalue weighted by Gasteiger charge is 2.09. The molecular weight excluding hydrogens is 507 g/mol. The number of hydrogen-bond donors (Lipinski definition) is 2. The van der Waals surface area contributed by atoms with Gasteiger partial charge in [0.1, 0.15) is 16.6 Å². The summed E-state index contributed by atoms with van der Waals surface area (Å²) >= 11 is 3.43. The molecule has 4 aromatic rings. The van der Waals surface area contributed by atoms with E-state index in [1.165, 1.54) is 29.0 Å². The van der Waals surface area contributed by atoms with Crippen molar-refractivity contribution in [3.05, 3.63) is 78.1 Å². The van der Waals surface area contributed by atoms with Crippen LogP contribution in [-0.4, -0.2) is 61.9 Å². The van der Waals surface area contributed by atoms with E-state index in [4.69, 9.17) is 4.74 Å². The molecule has 0 saturated heterocycles. The Morgan fingerprint density at radius 1 is 1.08 bits per heavy atom. The van der Waals surface area contributed by atoms with Crippen molar-refractivity contribution in [3.63, 3.8) is 0 Å². The Bertz CT molecular complexity index is 1300. The highest BCUT2D eigenvalue weighted by atomic mass is 32.2. The maximum Gasteiger partial charge on any atom is 0.238 e. The molecule has 4 rings (SSSR count). The highest BCUT2D eigenvalue weighted by molar-refractivity contribution is 7.98. The molecule has 1 amide bonds. The average Bonchev–Trinajstić information content (AvgIpc) is 3.33. The van der Waals surface area contributed by atoms with Crippen LogP contribution < -0.4 is 15.4 Å². The van der Waals surface area contributed by atoms with Crippen molar-refractivity contribution in [2.75, 3.05) is 51.4 Å². The largest absolute Gasteiger partial charge is 0.497 e. The molecule has 0 aliphatic carbocycles. The fourth-order valence-electron chi connectivity index (χ4n) is 3.64. The molecule has 1 aromatic heterocycles. The van der Waals surface area contributed by atoms with Crippen molar-refractivity contribution in [2.24, 2.45) is 0 Å².